The van der Waals surface area contributed by atoms with E-state index in [1.165, 1.54) is 0 Å². The van der Waals surface area contributed by atoms with E-state index < -0.39 is 6.10 Å². The van der Waals surface area contributed by atoms with Crippen molar-refractivity contribution in [2.75, 3.05) is 24.7 Å². The summed E-state index contributed by atoms with van der Waals surface area (Å²) in [5.41, 5.74) is 0.852. The van der Waals surface area contributed by atoms with Gasteiger partial charge in [0.15, 0.2) is 0 Å². The fraction of sp³-hybridized carbons (Fsp3) is 0.583. The Morgan fingerprint density at radius 1 is 1.56 bits per heavy atom. The fourth-order valence-corrected chi connectivity index (χ4v) is 1.88. The first-order valence-electron chi connectivity index (χ1n) is 5.67. The molecule has 16 heavy (non-hydrogen) atoms. The minimum atomic E-state index is -0.455. The van der Waals surface area contributed by atoms with Crippen molar-refractivity contribution in [3.8, 4) is 0 Å². The first-order valence-corrected chi connectivity index (χ1v) is 5.67. The highest BCUT2D eigenvalue weighted by atomic mass is 16.5. The molecule has 1 saturated heterocycles. The van der Waals surface area contributed by atoms with Gasteiger partial charge in [-0.3, -0.25) is 0 Å². The van der Waals surface area contributed by atoms with E-state index in [1.54, 1.807) is 13.1 Å². The molecule has 2 heterocycles. The Bertz CT molecular complexity index is 337. The van der Waals surface area contributed by atoms with E-state index >= 15 is 0 Å². The second-order valence-electron chi connectivity index (χ2n) is 4.24. The zero-order valence-electron chi connectivity index (χ0n) is 9.76. The number of rotatable bonds is 2. The van der Waals surface area contributed by atoms with E-state index in [1.807, 2.05) is 12.1 Å². The number of anilines is 1. The number of morpholine rings is 1. The summed E-state index contributed by atoms with van der Waals surface area (Å²) in [7, 11) is 0. The number of aliphatic hydroxyl groups is 1. The summed E-state index contributed by atoms with van der Waals surface area (Å²) in [5.74, 6) is 0.959. The molecular formula is C12H18N2O2. The van der Waals surface area contributed by atoms with Crippen LogP contribution in [0.5, 0.6) is 0 Å². The lowest BCUT2D eigenvalue weighted by atomic mass is 10.2. The summed E-state index contributed by atoms with van der Waals surface area (Å²) in [4.78, 5) is 6.62. The van der Waals surface area contributed by atoms with Crippen LogP contribution in [0.4, 0.5) is 5.82 Å². The fourth-order valence-electron chi connectivity index (χ4n) is 1.88. The van der Waals surface area contributed by atoms with Crippen molar-refractivity contribution < 1.29 is 9.84 Å². The van der Waals surface area contributed by atoms with Gasteiger partial charge in [-0.15, -0.1) is 0 Å². The van der Waals surface area contributed by atoms with Gasteiger partial charge in [0.05, 0.1) is 25.4 Å². The van der Waals surface area contributed by atoms with Crippen LogP contribution in [0.1, 0.15) is 25.5 Å². The topological polar surface area (TPSA) is 45.6 Å². The van der Waals surface area contributed by atoms with Crippen molar-refractivity contribution in [1.82, 2.24) is 4.98 Å². The zero-order valence-corrected chi connectivity index (χ0v) is 9.76. The van der Waals surface area contributed by atoms with Crippen molar-refractivity contribution in [2.24, 2.45) is 0 Å². The predicted molar refractivity (Wildman–Crippen MR) is 62.5 cm³/mol. The molecule has 0 bridgehead atoms. The minimum Gasteiger partial charge on any atom is -0.389 e. The van der Waals surface area contributed by atoms with Crippen molar-refractivity contribution in [1.29, 1.82) is 0 Å². The van der Waals surface area contributed by atoms with Gasteiger partial charge in [0, 0.05) is 12.7 Å². The first kappa shape index (κ1) is 11.4. The largest absolute Gasteiger partial charge is 0.389 e. The van der Waals surface area contributed by atoms with Gasteiger partial charge in [0.2, 0.25) is 0 Å². The Morgan fingerprint density at radius 2 is 2.38 bits per heavy atom. The third kappa shape index (κ3) is 2.33. The molecule has 0 radical (unpaired) electrons. The van der Waals surface area contributed by atoms with Gasteiger partial charge in [-0.1, -0.05) is 6.07 Å². The number of hydrogen-bond acceptors (Lipinski definition) is 4. The average molecular weight is 222 g/mol. The van der Waals surface area contributed by atoms with Gasteiger partial charge < -0.3 is 14.7 Å². The summed E-state index contributed by atoms with van der Waals surface area (Å²) in [6, 6.07) is 4.25. The van der Waals surface area contributed by atoms with Crippen LogP contribution in [-0.4, -0.2) is 35.9 Å². The molecule has 0 aromatic carbocycles. The van der Waals surface area contributed by atoms with Crippen LogP contribution >= 0.6 is 0 Å². The minimum absolute atomic E-state index is 0.360. The highest BCUT2D eigenvalue weighted by Gasteiger charge is 2.19. The quantitative estimate of drug-likeness (QED) is 0.820. The van der Waals surface area contributed by atoms with Crippen LogP contribution in [0.25, 0.3) is 0 Å². The normalized spacial score (nSPS) is 23.2. The molecule has 1 N–H and O–H groups in total. The van der Waals surface area contributed by atoms with Crippen LogP contribution in [0.3, 0.4) is 0 Å². The van der Waals surface area contributed by atoms with Gasteiger partial charge >= 0.3 is 0 Å². The molecule has 0 amide bonds. The smallest absolute Gasteiger partial charge is 0.128 e. The average Bonchev–Trinajstić information content (AvgIpc) is 2.30. The SMILES string of the molecule is CC1COCCN1c1ccc([C@@H](C)O)cn1. The van der Waals surface area contributed by atoms with E-state index in [9.17, 15) is 5.11 Å². The highest BCUT2D eigenvalue weighted by Crippen LogP contribution is 2.19. The number of nitrogens with zero attached hydrogens (tertiary/aromatic N) is 2. The third-order valence-electron chi connectivity index (χ3n) is 2.92. The van der Waals surface area contributed by atoms with E-state index in [0.717, 1.165) is 31.1 Å². The standard InChI is InChI=1S/C12H18N2O2/c1-9-8-16-6-5-14(9)12-4-3-11(7-13-12)10(2)15/h3-4,7,9-10,15H,5-6,8H2,1-2H3/t9?,10-/m1/s1. The molecule has 1 fully saturated rings. The van der Waals surface area contributed by atoms with Crippen LogP contribution in [0.2, 0.25) is 0 Å². The molecule has 1 aromatic heterocycles. The van der Waals surface area contributed by atoms with Gasteiger partial charge in [0.1, 0.15) is 5.82 Å². The van der Waals surface area contributed by atoms with Gasteiger partial charge in [0.25, 0.3) is 0 Å². The molecule has 1 aliphatic heterocycles. The van der Waals surface area contributed by atoms with E-state index in [-0.39, 0.29) is 0 Å². The van der Waals surface area contributed by atoms with Gasteiger partial charge in [-0.25, -0.2) is 4.98 Å². The lowest BCUT2D eigenvalue weighted by Gasteiger charge is -2.34. The number of pyridine rings is 1. The maximum absolute atomic E-state index is 9.40. The van der Waals surface area contributed by atoms with Crippen molar-refractivity contribution in [2.45, 2.75) is 26.0 Å². The monoisotopic (exact) mass is 222 g/mol. The Kier molecular flexibility index (Phi) is 3.41. The summed E-state index contributed by atoms with van der Waals surface area (Å²) < 4.78 is 5.39. The number of hydrogen-bond donors (Lipinski definition) is 1. The Labute approximate surface area is 95.9 Å². The number of aliphatic hydroxyl groups excluding tert-OH is 1. The van der Waals surface area contributed by atoms with Crippen molar-refractivity contribution in [3.05, 3.63) is 23.9 Å². The molecule has 1 aromatic rings. The van der Waals surface area contributed by atoms with Crippen LogP contribution in [0.15, 0.2) is 18.3 Å². The molecular weight excluding hydrogens is 204 g/mol. The van der Waals surface area contributed by atoms with E-state index in [0.29, 0.717) is 6.04 Å². The maximum Gasteiger partial charge on any atom is 0.128 e. The molecule has 4 heteroatoms. The predicted octanol–water partition coefficient (Wildman–Crippen LogP) is 1.36. The molecule has 0 saturated carbocycles. The number of aromatic nitrogens is 1. The van der Waals surface area contributed by atoms with Crippen molar-refractivity contribution in [3.63, 3.8) is 0 Å². The van der Waals surface area contributed by atoms with Gasteiger partial charge in [-0.2, -0.15) is 0 Å². The summed E-state index contributed by atoms with van der Waals surface area (Å²) >= 11 is 0. The van der Waals surface area contributed by atoms with Crippen LogP contribution in [0, 0.1) is 0 Å². The first-order chi connectivity index (χ1) is 7.68. The summed E-state index contributed by atoms with van der Waals surface area (Å²) in [5, 5.41) is 9.40. The highest BCUT2D eigenvalue weighted by molar-refractivity contribution is 5.41. The van der Waals surface area contributed by atoms with Gasteiger partial charge in [-0.05, 0) is 25.5 Å². The van der Waals surface area contributed by atoms with E-state index in [2.05, 4.69) is 16.8 Å². The van der Waals surface area contributed by atoms with Crippen LogP contribution in [-0.2, 0) is 4.74 Å². The lowest BCUT2D eigenvalue weighted by Crippen LogP contribution is -2.44. The number of ether oxygens (including phenoxy) is 1. The molecule has 88 valence electrons. The molecule has 1 unspecified atom stereocenters. The second kappa shape index (κ2) is 4.80. The maximum atomic E-state index is 9.40. The molecule has 0 spiro atoms. The molecule has 1 aliphatic rings. The summed E-state index contributed by atoms with van der Waals surface area (Å²) in [6.45, 7) is 6.25. The molecule has 2 atom stereocenters. The lowest BCUT2D eigenvalue weighted by molar-refractivity contribution is 0.0985. The molecule has 2 rings (SSSR count). The Balaban J connectivity index is 2.14. The summed E-state index contributed by atoms with van der Waals surface area (Å²) in [6.07, 6.45) is 1.28. The molecule has 0 aliphatic carbocycles. The Morgan fingerprint density at radius 3 is 2.94 bits per heavy atom. The third-order valence-corrected chi connectivity index (χ3v) is 2.92. The zero-order chi connectivity index (χ0) is 11.5. The second-order valence-corrected chi connectivity index (χ2v) is 4.24. The van der Waals surface area contributed by atoms with Crippen LogP contribution < -0.4 is 4.90 Å². The molecule has 4 nitrogen and oxygen atoms in total. The Hall–Kier alpha value is -1.13. The van der Waals surface area contributed by atoms with E-state index in [4.69, 9.17) is 4.74 Å². The van der Waals surface area contributed by atoms with Crippen molar-refractivity contribution >= 4 is 5.82 Å².